The van der Waals surface area contributed by atoms with Gasteiger partial charge < -0.3 is 34.5 Å². The number of imidazole rings is 1. The quantitative estimate of drug-likeness (QED) is 0.104. The maximum atomic E-state index is 12.3. The molecule has 0 radical (unpaired) electrons. The van der Waals surface area contributed by atoms with Gasteiger partial charge in [-0.05, 0) is 48.5 Å². The Balaban J connectivity index is 0.000000183. The number of carbonyl (C=O) groups is 4. The monoisotopic (exact) mass is 755 g/mol. The molecule has 4 N–H and O–H groups in total. The summed E-state index contributed by atoms with van der Waals surface area (Å²) in [5.74, 6) is 0.720. The van der Waals surface area contributed by atoms with Gasteiger partial charge in [-0.15, -0.1) is 0 Å². The molecule has 3 aromatic heterocycles. The Bertz CT molecular complexity index is 2250. The molecule has 51 heavy (non-hydrogen) atoms. The molecule has 2 aromatic carbocycles. The van der Waals surface area contributed by atoms with Crippen molar-refractivity contribution in [3.8, 4) is 22.6 Å². The molecule has 7 rings (SSSR count). The fraction of sp³-hybridized carbons (Fsp3) is 0.0571. The third kappa shape index (κ3) is 8.79. The number of hydrogen-bond donors (Lipinski definition) is 4. The van der Waals surface area contributed by atoms with Crippen LogP contribution >= 0.6 is 48.0 Å². The van der Waals surface area contributed by atoms with Crippen LogP contribution < -0.4 is 16.0 Å². The molecule has 0 saturated carbocycles. The lowest BCUT2D eigenvalue weighted by Gasteiger charge is -2.06. The van der Waals surface area contributed by atoms with Crippen LogP contribution in [0.2, 0.25) is 0 Å². The molecule has 3 amide bonds. The summed E-state index contributed by atoms with van der Waals surface area (Å²) in [5.41, 5.74) is 3.27. The summed E-state index contributed by atoms with van der Waals surface area (Å²) in [6.07, 6.45) is 6.68. The van der Waals surface area contributed by atoms with E-state index >= 15 is 0 Å². The number of rotatable bonds is 8. The zero-order chi connectivity index (χ0) is 36.1. The molecule has 2 aliphatic heterocycles. The van der Waals surface area contributed by atoms with Gasteiger partial charge in [0.2, 0.25) is 0 Å². The minimum absolute atomic E-state index is 0.164. The summed E-state index contributed by atoms with van der Waals surface area (Å²) in [6.45, 7) is 0.405. The second kappa shape index (κ2) is 15.6. The van der Waals surface area contributed by atoms with E-state index in [-0.39, 0.29) is 23.3 Å². The number of carboxylic acid groups (broad SMARTS) is 1. The zero-order valence-electron chi connectivity index (χ0n) is 26.4. The van der Waals surface area contributed by atoms with Crippen molar-refractivity contribution < 1.29 is 33.1 Å². The average molecular weight is 756 g/mol. The molecule has 5 aromatic rings. The number of carbonyl (C=O) groups excluding carboxylic acids is 3. The third-order valence-electron chi connectivity index (χ3n) is 7.28. The molecule has 2 fully saturated rings. The van der Waals surface area contributed by atoms with Crippen LogP contribution in [0.25, 0.3) is 34.8 Å². The van der Waals surface area contributed by atoms with E-state index in [9.17, 15) is 19.2 Å². The lowest BCUT2D eigenvalue weighted by atomic mass is 10.1. The highest BCUT2D eigenvalue weighted by Gasteiger charge is 2.23. The van der Waals surface area contributed by atoms with Gasteiger partial charge in [0, 0.05) is 42.1 Å². The fourth-order valence-corrected chi connectivity index (χ4v) is 6.71. The Kier molecular flexibility index (Phi) is 10.8. The maximum Gasteiger partial charge on any atom is 0.335 e. The summed E-state index contributed by atoms with van der Waals surface area (Å²) in [6, 6.07) is 20.6. The molecule has 12 nitrogen and oxygen atoms in total. The smallest absolute Gasteiger partial charge is 0.335 e. The highest BCUT2D eigenvalue weighted by Crippen LogP contribution is 2.30. The largest absolute Gasteiger partial charge is 0.478 e. The molecule has 5 heterocycles. The molecular formula is C35H25N5O7S4. The third-order valence-corrected chi connectivity index (χ3v) is 9.60. The second-order valence-corrected chi connectivity index (χ2v) is 14.2. The summed E-state index contributed by atoms with van der Waals surface area (Å²) >= 11 is 12.3. The first-order valence-electron chi connectivity index (χ1n) is 14.9. The average Bonchev–Trinajstić information content (AvgIpc) is 3.96. The summed E-state index contributed by atoms with van der Waals surface area (Å²) < 4.78 is 14.2. The Morgan fingerprint density at radius 1 is 0.804 bits per heavy atom. The minimum Gasteiger partial charge on any atom is -0.478 e. The Morgan fingerprint density at radius 2 is 1.29 bits per heavy atom. The summed E-state index contributed by atoms with van der Waals surface area (Å²) in [4.78, 5) is 51.5. The van der Waals surface area contributed by atoms with E-state index in [2.05, 4.69) is 20.9 Å². The second-order valence-electron chi connectivity index (χ2n) is 10.7. The first kappa shape index (κ1) is 35.3. The van der Waals surface area contributed by atoms with Crippen LogP contribution in [-0.4, -0.2) is 47.0 Å². The van der Waals surface area contributed by atoms with E-state index in [0.29, 0.717) is 53.6 Å². The zero-order valence-corrected chi connectivity index (χ0v) is 29.6. The van der Waals surface area contributed by atoms with Gasteiger partial charge in [-0.3, -0.25) is 14.4 Å². The van der Waals surface area contributed by atoms with E-state index in [1.54, 1.807) is 67.1 Å². The Morgan fingerprint density at radius 3 is 1.71 bits per heavy atom. The van der Waals surface area contributed by atoms with Crippen molar-refractivity contribution >= 4 is 92.4 Å². The molecule has 2 aliphatic rings. The van der Waals surface area contributed by atoms with Crippen LogP contribution in [-0.2, 0) is 23.2 Å². The number of thiocarbonyl (C=S) groups is 2. The number of nitrogens with one attached hydrogen (secondary N) is 3. The first-order chi connectivity index (χ1) is 24.5. The number of aromatic carboxylic acids is 1. The van der Waals surface area contributed by atoms with Crippen molar-refractivity contribution in [2.45, 2.75) is 6.54 Å². The molecule has 0 atom stereocenters. The molecule has 16 heteroatoms. The summed E-state index contributed by atoms with van der Waals surface area (Å²) in [7, 11) is 1.88. The van der Waals surface area contributed by atoms with Gasteiger partial charge in [0.1, 0.15) is 31.7 Å². The van der Waals surface area contributed by atoms with Crippen molar-refractivity contribution in [2.75, 3.05) is 0 Å². The van der Waals surface area contributed by atoms with Gasteiger partial charge in [0.15, 0.2) is 0 Å². The van der Waals surface area contributed by atoms with Crippen LogP contribution in [0.3, 0.4) is 0 Å². The molecule has 0 bridgehead atoms. The molecule has 256 valence electrons. The number of benzene rings is 2. The van der Waals surface area contributed by atoms with Crippen molar-refractivity contribution in [3.63, 3.8) is 0 Å². The number of hydrogen-bond acceptors (Lipinski definition) is 11. The van der Waals surface area contributed by atoms with Crippen LogP contribution in [0.4, 0.5) is 0 Å². The Hall–Kier alpha value is -5.55. The SMILES string of the molecule is Cn1cncc1CNC(=O)c1ccc(-c2ccc(/C=C3\SC(=S)NC3=O)o2)cc1.O=C1NC(=S)S/C1=C\c1ccc(-c2ccc(C(=O)O)cc2)o1. The molecule has 0 unspecified atom stereocenters. The number of thioether (sulfide) groups is 2. The van der Waals surface area contributed by atoms with E-state index in [4.69, 9.17) is 38.4 Å². The molecular weight excluding hydrogens is 731 g/mol. The van der Waals surface area contributed by atoms with Gasteiger partial charge in [0.05, 0.1) is 33.9 Å². The number of aryl methyl sites for hydroxylation is 1. The number of amides is 3. The van der Waals surface area contributed by atoms with Gasteiger partial charge in [-0.1, -0.05) is 72.2 Å². The lowest BCUT2D eigenvalue weighted by Crippen LogP contribution is -2.23. The van der Waals surface area contributed by atoms with Crippen LogP contribution in [0.5, 0.6) is 0 Å². The van der Waals surface area contributed by atoms with Crippen LogP contribution in [0.1, 0.15) is 37.9 Å². The van der Waals surface area contributed by atoms with Crippen LogP contribution in [0, 0.1) is 0 Å². The van der Waals surface area contributed by atoms with Crippen molar-refractivity contribution in [2.24, 2.45) is 7.05 Å². The highest BCUT2D eigenvalue weighted by molar-refractivity contribution is 8.27. The predicted molar refractivity (Wildman–Crippen MR) is 202 cm³/mol. The molecule has 2 saturated heterocycles. The Labute approximate surface area is 309 Å². The van der Waals surface area contributed by atoms with Crippen LogP contribution in [0.15, 0.2) is 104 Å². The van der Waals surface area contributed by atoms with Gasteiger partial charge in [0.25, 0.3) is 17.7 Å². The predicted octanol–water partition coefficient (Wildman–Crippen LogP) is 6.23. The summed E-state index contributed by atoms with van der Waals surface area (Å²) in [5, 5.41) is 16.8. The maximum absolute atomic E-state index is 12.3. The topological polar surface area (TPSA) is 169 Å². The van der Waals surface area contributed by atoms with E-state index in [1.807, 2.05) is 29.8 Å². The number of carboxylic acids is 1. The fourth-order valence-electron chi connectivity index (χ4n) is 4.66. The first-order valence-corrected chi connectivity index (χ1v) is 17.3. The van der Waals surface area contributed by atoms with Crippen molar-refractivity contribution in [3.05, 3.63) is 123 Å². The van der Waals surface area contributed by atoms with E-state index < -0.39 is 5.97 Å². The van der Waals surface area contributed by atoms with E-state index in [1.165, 1.54) is 35.7 Å². The normalized spacial score (nSPS) is 15.5. The van der Waals surface area contributed by atoms with Gasteiger partial charge >= 0.3 is 5.97 Å². The lowest BCUT2D eigenvalue weighted by molar-refractivity contribution is -0.116. The van der Waals surface area contributed by atoms with Crippen molar-refractivity contribution in [1.82, 2.24) is 25.5 Å². The van der Waals surface area contributed by atoms with Crippen molar-refractivity contribution in [1.29, 1.82) is 0 Å². The molecule has 0 spiro atoms. The van der Waals surface area contributed by atoms with Gasteiger partial charge in [-0.25, -0.2) is 9.78 Å². The number of aromatic nitrogens is 2. The van der Waals surface area contributed by atoms with Gasteiger partial charge in [-0.2, -0.15) is 0 Å². The number of furan rings is 2. The standard InChI is InChI=1S/C20H16N4O3S2.C15H9NO4S2/c1-24-11-21-9-14(24)10-22-18(25)13-4-2-12(3-5-13)16-7-6-15(27-16)8-17-19(26)23-20(28)29-17;17-13-12(22-15(21)16-13)7-10-5-6-11(20-10)8-1-3-9(4-2-8)14(18)19/h2-9,11H,10H2,1H3,(H,22,25)(H,23,26,28);1-7H,(H,18,19)(H,16,17,21)/b17-8-;12-7-. The minimum atomic E-state index is -0.975. The number of nitrogens with zero attached hydrogens (tertiary/aromatic N) is 2. The van der Waals surface area contributed by atoms with E-state index in [0.717, 1.165) is 16.8 Å². The molecule has 0 aliphatic carbocycles. The highest BCUT2D eigenvalue weighted by atomic mass is 32.2.